The highest BCUT2D eigenvalue weighted by Crippen LogP contribution is 2.35. The molecule has 0 saturated carbocycles. The van der Waals surface area contributed by atoms with Gasteiger partial charge in [-0.15, -0.1) is 0 Å². The first-order valence-electron chi connectivity index (χ1n) is 3.68. The van der Waals surface area contributed by atoms with Gasteiger partial charge in [0.05, 0.1) is 10.7 Å². The highest BCUT2D eigenvalue weighted by atomic mass is 35.5. The minimum Gasteiger partial charge on any atom is -0.309 e. The number of rotatable bonds is 0. The number of fused-ring (bicyclic) bond motifs is 1. The van der Waals surface area contributed by atoms with Crippen LogP contribution in [0.5, 0.6) is 0 Å². The lowest BCUT2D eigenvalue weighted by molar-refractivity contribution is 0.891. The van der Waals surface area contributed by atoms with E-state index in [0.717, 1.165) is 24.2 Å². The number of halogens is 2. The Labute approximate surface area is 80.8 Å². The van der Waals surface area contributed by atoms with Crippen LogP contribution in [0.3, 0.4) is 0 Å². The molecule has 0 radical (unpaired) electrons. The van der Waals surface area contributed by atoms with Crippen molar-refractivity contribution in [3.8, 4) is 0 Å². The van der Waals surface area contributed by atoms with Crippen molar-refractivity contribution in [1.29, 1.82) is 0 Å². The van der Waals surface area contributed by atoms with E-state index in [9.17, 15) is 0 Å². The Morgan fingerprint density at radius 3 is 2.83 bits per heavy atom. The SMILES string of the molecule is NN1CCc2cc(Cl)cc(Cl)c21. The van der Waals surface area contributed by atoms with Crippen LogP contribution in [0.2, 0.25) is 10.0 Å². The molecule has 1 aromatic carbocycles. The van der Waals surface area contributed by atoms with Crippen molar-refractivity contribution in [2.45, 2.75) is 6.42 Å². The maximum absolute atomic E-state index is 5.96. The molecule has 1 aromatic rings. The molecule has 0 fully saturated rings. The van der Waals surface area contributed by atoms with Crippen molar-refractivity contribution in [3.05, 3.63) is 27.7 Å². The molecule has 0 spiro atoms. The summed E-state index contributed by atoms with van der Waals surface area (Å²) < 4.78 is 0. The lowest BCUT2D eigenvalue weighted by Gasteiger charge is -2.12. The molecule has 0 bridgehead atoms. The topological polar surface area (TPSA) is 29.3 Å². The summed E-state index contributed by atoms with van der Waals surface area (Å²) in [6.45, 7) is 0.815. The third-order valence-corrected chi connectivity index (χ3v) is 2.52. The van der Waals surface area contributed by atoms with Crippen molar-refractivity contribution in [2.24, 2.45) is 5.84 Å². The largest absolute Gasteiger partial charge is 0.309 e. The molecule has 0 atom stereocenters. The molecule has 0 aliphatic carbocycles. The molecule has 4 heteroatoms. The molecule has 12 heavy (non-hydrogen) atoms. The molecule has 2 N–H and O–H groups in total. The number of hydrogen-bond acceptors (Lipinski definition) is 2. The molecule has 2 rings (SSSR count). The minimum absolute atomic E-state index is 0.637. The van der Waals surface area contributed by atoms with Gasteiger partial charge in [-0.1, -0.05) is 23.2 Å². The fourth-order valence-electron chi connectivity index (χ4n) is 1.48. The van der Waals surface area contributed by atoms with Gasteiger partial charge in [-0.25, -0.2) is 5.84 Å². The molecule has 64 valence electrons. The Bertz CT molecular complexity index is 325. The molecule has 1 aliphatic rings. The summed E-state index contributed by atoms with van der Waals surface area (Å²) in [5.41, 5.74) is 2.05. The van der Waals surface area contributed by atoms with Gasteiger partial charge < -0.3 is 5.01 Å². The van der Waals surface area contributed by atoms with Gasteiger partial charge in [0.25, 0.3) is 0 Å². The fraction of sp³-hybridized carbons (Fsp3) is 0.250. The van der Waals surface area contributed by atoms with Crippen LogP contribution in [0.1, 0.15) is 5.56 Å². The maximum atomic E-state index is 5.96. The van der Waals surface area contributed by atoms with Crippen molar-refractivity contribution < 1.29 is 0 Å². The molecule has 0 amide bonds. The predicted octanol–water partition coefficient (Wildman–Crippen LogP) is 2.23. The maximum Gasteiger partial charge on any atom is 0.0737 e. The zero-order chi connectivity index (χ0) is 8.72. The molecule has 1 heterocycles. The first kappa shape index (κ1) is 8.17. The van der Waals surface area contributed by atoms with Crippen LogP contribution in [-0.2, 0) is 6.42 Å². The Morgan fingerprint density at radius 2 is 2.08 bits per heavy atom. The van der Waals surface area contributed by atoms with Gasteiger partial charge in [-0.05, 0) is 24.1 Å². The third-order valence-electron chi connectivity index (χ3n) is 2.02. The van der Waals surface area contributed by atoms with Gasteiger partial charge in [-0.3, -0.25) is 0 Å². The average molecular weight is 203 g/mol. The van der Waals surface area contributed by atoms with Crippen LogP contribution in [0.15, 0.2) is 12.1 Å². The number of hydrazine groups is 1. The average Bonchev–Trinajstić information content (AvgIpc) is 2.31. The molecule has 0 unspecified atom stereocenters. The molecule has 2 nitrogen and oxygen atoms in total. The van der Waals surface area contributed by atoms with Gasteiger partial charge in [-0.2, -0.15) is 0 Å². The number of nitrogens with two attached hydrogens (primary N) is 1. The summed E-state index contributed by atoms with van der Waals surface area (Å²) in [6.07, 6.45) is 0.923. The summed E-state index contributed by atoms with van der Waals surface area (Å²) in [5, 5.41) is 2.97. The van der Waals surface area contributed by atoms with Crippen LogP contribution in [0.25, 0.3) is 0 Å². The lowest BCUT2D eigenvalue weighted by Crippen LogP contribution is -2.28. The van der Waals surface area contributed by atoms with Gasteiger partial charge in [0.2, 0.25) is 0 Å². The van der Waals surface area contributed by atoms with Crippen LogP contribution >= 0.6 is 23.2 Å². The van der Waals surface area contributed by atoms with Crippen molar-refractivity contribution in [3.63, 3.8) is 0 Å². The summed E-state index contributed by atoms with van der Waals surface area (Å²) >= 11 is 11.8. The van der Waals surface area contributed by atoms with E-state index in [1.54, 1.807) is 11.1 Å². The van der Waals surface area contributed by atoms with Crippen LogP contribution < -0.4 is 10.9 Å². The molecular formula is C8H8Cl2N2. The highest BCUT2D eigenvalue weighted by molar-refractivity contribution is 6.36. The third kappa shape index (κ3) is 1.16. The number of nitrogens with zero attached hydrogens (tertiary/aromatic N) is 1. The summed E-state index contributed by atoms with van der Waals surface area (Å²) in [7, 11) is 0. The van der Waals surface area contributed by atoms with Crippen molar-refractivity contribution in [2.75, 3.05) is 11.6 Å². The Hall–Kier alpha value is -0.440. The van der Waals surface area contributed by atoms with Gasteiger partial charge in [0.1, 0.15) is 0 Å². The zero-order valence-corrected chi connectivity index (χ0v) is 7.86. The monoisotopic (exact) mass is 202 g/mol. The van der Waals surface area contributed by atoms with E-state index in [-0.39, 0.29) is 0 Å². The second-order valence-electron chi connectivity index (χ2n) is 2.84. The van der Waals surface area contributed by atoms with Gasteiger partial charge >= 0.3 is 0 Å². The Morgan fingerprint density at radius 1 is 1.33 bits per heavy atom. The number of benzene rings is 1. The predicted molar refractivity (Wildman–Crippen MR) is 51.7 cm³/mol. The number of anilines is 1. The fourth-order valence-corrected chi connectivity index (χ4v) is 2.13. The first-order chi connectivity index (χ1) is 5.68. The zero-order valence-electron chi connectivity index (χ0n) is 6.35. The minimum atomic E-state index is 0.637. The second-order valence-corrected chi connectivity index (χ2v) is 3.68. The van der Waals surface area contributed by atoms with E-state index >= 15 is 0 Å². The van der Waals surface area contributed by atoms with Gasteiger partial charge in [0.15, 0.2) is 0 Å². The molecular weight excluding hydrogens is 195 g/mol. The second kappa shape index (κ2) is 2.80. The standard InChI is InChI=1S/C8H8Cl2N2/c9-6-3-5-1-2-12(11)8(5)7(10)4-6/h3-4H,1-2,11H2. The van der Waals surface area contributed by atoms with Crippen molar-refractivity contribution in [1.82, 2.24) is 0 Å². The summed E-state index contributed by atoms with van der Waals surface area (Å²) in [5.74, 6) is 5.70. The van der Waals surface area contributed by atoms with E-state index in [1.165, 1.54) is 0 Å². The highest BCUT2D eigenvalue weighted by Gasteiger charge is 2.19. The number of hydrogen-bond donors (Lipinski definition) is 1. The summed E-state index contributed by atoms with van der Waals surface area (Å²) in [4.78, 5) is 0. The van der Waals surface area contributed by atoms with E-state index in [1.807, 2.05) is 6.07 Å². The van der Waals surface area contributed by atoms with Gasteiger partial charge in [0, 0.05) is 11.6 Å². The normalized spacial score (nSPS) is 15.1. The van der Waals surface area contributed by atoms with E-state index in [2.05, 4.69) is 0 Å². The van der Waals surface area contributed by atoms with E-state index in [0.29, 0.717) is 10.0 Å². The van der Waals surface area contributed by atoms with E-state index < -0.39 is 0 Å². The lowest BCUT2D eigenvalue weighted by atomic mass is 10.2. The quantitative estimate of drug-likeness (QED) is 0.655. The molecule has 0 aromatic heterocycles. The summed E-state index contributed by atoms with van der Waals surface area (Å²) in [6, 6.07) is 3.63. The Kier molecular flexibility index (Phi) is 1.91. The van der Waals surface area contributed by atoms with E-state index in [4.69, 9.17) is 29.0 Å². The van der Waals surface area contributed by atoms with Crippen LogP contribution in [-0.4, -0.2) is 6.54 Å². The van der Waals surface area contributed by atoms with Crippen LogP contribution in [0.4, 0.5) is 5.69 Å². The van der Waals surface area contributed by atoms with Crippen molar-refractivity contribution >= 4 is 28.9 Å². The van der Waals surface area contributed by atoms with Crippen LogP contribution in [0, 0.1) is 0 Å². The molecule has 1 aliphatic heterocycles. The smallest absolute Gasteiger partial charge is 0.0737 e. The molecule has 0 saturated heterocycles. The first-order valence-corrected chi connectivity index (χ1v) is 4.44. The Balaban J connectivity index is 2.60.